The molecule has 2 atom stereocenters. The van der Waals surface area contributed by atoms with Crippen molar-refractivity contribution in [1.29, 1.82) is 0 Å². The number of hydrogen-bond acceptors (Lipinski definition) is 4. The lowest BCUT2D eigenvalue weighted by atomic mass is 9.86. The second-order valence-corrected chi connectivity index (χ2v) is 6.23. The predicted octanol–water partition coefficient (Wildman–Crippen LogP) is 0.750. The Bertz CT molecular complexity index is 235. The van der Waals surface area contributed by atoms with Crippen molar-refractivity contribution in [2.75, 3.05) is 47.4 Å². The van der Waals surface area contributed by atoms with Crippen LogP contribution in [0.3, 0.4) is 0 Å². The number of aliphatic hydroxyl groups is 1. The predicted molar refractivity (Wildman–Crippen MR) is 76.6 cm³/mol. The van der Waals surface area contributed by atoms with Gasteiger partial charge in [-0.15, -0.1) is 0 Å². The van der Waals surface area contributed by atoms with Crippen molar-refractivity contribution >= 4 is 0 Å². The normalized spacial score (nSPS) is 28.5. The lowest BCUT2D eigenvalue weighted by Gasteiger charge is -2.30. The molecule has 1 fully saturated rings. The second kappa shape index (κ2) is 7.43. The molecule has 4 heteroatoms. The molecule has 3 N–H and O–H groups in total. The van der Waals surface area contributed by atoms with Gasteiger partial charge in [0.15, 0.2) is 0 Å². The van der Waals surface area contributed by atoms with Crippen LogP contribution in [0.2, 0.25) is 0 Å². The number of aliphatic hydroxyl groups excluding tert-OH is 1. The average Bonchev–Trinajstić information content (AvgIpc) is 2.68. The van der Waals surface area contributed by atoms with Crippen molar-refractivity contribution in [1.82, 2.24) is 9.80 Å². The molecule has 108 valence electrons. The highest BCUT2D eigenvalue weighted by molar-refractivity contribution is 4.96. The van der Waals surface area contributed by atoms with Gasteiger partial charge in [0.1, 0.15) is 0 Å². The van der Waals surface area contributed by atoms with Crippen molar-refractivity contribution in [3.63, 3.8) is 0 Å². The van der Waals surface area contributed by atoms with Crippen LogP contribution in [-0.4, -0.2) is 67.8 Å². The topological polar surface area (TPSA) is 52.7 Å². The molecule has 0 saturated heterocycles. The van der Waals surface area contributed by atoms with E-state index in [1.54, 1.807) is 0 Å². The highest BCUT2D eigenvalue weighted by atomic mass is 16.3. The highest BCUT2D eigenvalue weighted by Gasteiger charge is 2.38. The minimum atomic E-state index is -0.301. The molecule has 1 aliphatic rings. The van der Waals surface area contributed by atoms with E-state index in [4.69, 9.17) is 5.73 Å². The van der Waals surface area contributed by atoms with Gasteiger partial charge in [-0.3, -0.25) is 0 Å². The van der Waals surface area contributed by atoms with E-state index < -0.39 is 0 Å². The third-order valence-corrected chi connectivity index (χ3v) is 4.31. The van der Waals surface area contributed by atoms with Crippen molar-refractivity contribution in [3.05, 3.63) is 0 Å². The van der Waals surface area contributed by atoms with Crippen LogP contribution in [0.1, 0.15) is 32.1 Å². The molecule has 4 nitrogen and oxygen atoms in total. The molecule has 0 radical (unpaired) electrons. The number of nitrogens with two attached hydrogens (primary N) is 1. The van der Waals surface area contributed by atoms with Gasteiger partial charge in [0.2, 0.25) is 0 Å². The molecule has 1 saturated carbocycles. The number of nitrogens with zero attached hydrogens (tertiary/aromatic N) is 2. The first-order valence-electron chi connectivity index (χ1n) is 7.21. The number of hydrogen-bond donors (Lipinski definition) is 2. The average molecular weight is 257 g/mol. The quantitative estimate of drug-likeness (QED) is 0.674. The largest absolute Gasteiger partial charge is 0.394 e. The first-order valence-corrected chi connectivity index (χ1v) is 7.21. The summed E-state index contributed by atoms with van der Waals surface area (Å²) in [6, 6.07) is 0. The molecule has 18 heavy (non-hydrogen) atoms. The molecule has 2 unspecified atom stereocenters. The number of rotatable bonds is 8. The third kappa shape index (κ3) is 4.84. The van der Waals surface area contributed by atoms with Gasteiger partial charge in [0.25, 0.3) is 0 Å². The van der Waals surface area contributed by atoms with E-state index in [0.29, 0.717) is 5.92 Å². The Morgan fingerprint density at radius 3 is 2.56 bits per heavy atom. The van der Waals surface area contributed by atoms with Crippen molar-refractivity contribution in [3.8, 4) is 0 Å². The molecular weight excluding hydrogens is 226 g/mol. The summed E-state index contributed by atoms with van der Waals surface area (Å²) < 4.78 is 0. The summed E-state index contributed by atoms with van der Waals surface area (Å²) in [5.74, 6) is 0.499. The van der Waals surface area contributed by atoms with E-state index in [-0.39, 0.29) is 12.1 Å². The van der Waals surface area contributed by atoms with Gasteiger partial charge in [-0.2, -0.15) is 0 Å². The third-order valence-electron chi connectivity index (χ3n) is 4.31. The Labute approximate surface area is 112 Å². The molecule has 0 aliphatic heterocycles. The summed E-state index contributed by atoms with van der Waals surface area (Å²) in [5.41, 5.74) is 5.95. The minimum absolute atomic E-state index is 0.141. The molecule has 0 heterocycles. The Morgan fingerprint density at radius 2 is 1.94 bits per heavy atom. The maximum absolute atomic E-state index is 9.42. The molecule has 0 aromatic carbocycles. The van der Waals surface area contributed by atoms with Gasteiger partial charge in [0.05, 0.1) is 6.61 Å². The second-order valence-electron chi connectivity index (χ2n) is 6.23. The standard InChI is InChI=1S/C14H31N3O/c1-16(2)9-5-10-17(3)11-7-13-6-4-8-14(13,15)12-18/h13,18H,4-12,15H2,1-3H3. The van der Waals surface area contributed by atoms with Gasteiger partial charge in [-0.25, -0.2) is 0 Å². The lowest BCUT2D eigenvalue weighted by molar-refractivity contribution is 0.147. The monoisotopic (exact) mass is 257 g/mol. The summed E-state index contributed by atoms with van der Waals surface area (Å²) in [7, 11) is 6.41. The van der Waals surface area contributed by atoms with Crippen LogP contribution < -0.4 is 5.73 Å². The Balaban J connectivity index is 2.19. The van der Waals surface area contributed by atoms with E-state index in [1.165, 1.54) is 19.3 Å². The summed E-state index contributed by atoms with van der Waals surface area (Å²) in [5, 5.41) is 9.42. The molecule has 0 bridgehead atoms. The fourth-order valence-electron chi connectivity index (χ4n) is 2.95. The maximum Gasteiger partial charge on any atom is 0.0613 e. The summed E-state index contributed by atoms with van der Waals surface area (Å²) >= 11 is 0. The molecule has 0 amide bonds. The molecule has 0 aromatic heterocycles. The first kappa shape index (κ1) is 15.9. The smallest absolute Gasteiger partial charge is 0.0613 e. The van der Waals surface area contributed by atoms with Gasteiger partial charge in [-0.05, 0) is 72.4 Å². The fourth-order valence-corrected chi connectivity index (χ4v) is 2.95. The Hall–Kier alpha value is -0.160. The van der Waals surface area contributed by atoms with Crippen LogP contribution in [0.5, 0.6) is 0 Å². The van der Waals surface area contributed by atoms with E-state index >= 15 is 0 Å². The van der Waals surface area contributed by atoms with Crippen molar-refractivity contribution in [2.45, 2.75) is 37.6 Å². The molecule has 1 aliphatic carbocycles. The lowest BCUT2D eigenvalue weighted by Crippen LogP contribution is -2.47. The van der Waals surface area contributed by atoms with Crippen LogP contribution in [0, 0.1) is 5.92 Å². The Morgan fingerprint density at radius 1 is 1.22 bits per heavy atom. The SMILES string of the molecule is CN(C)CCCN(C)CCC1CCCC1(N)CO. The minimum Gasteiger partial charge on any atom is -0.394 e. The van der Waals surface area contributed by atoms with Gasteiger partial charge in [-0.1, -0.05) is 6.42 Å². The van der Waals surface area contributed by atoms with Gasteiger partial charge >= 0.3 is 0 Å². The van der Waals surface area contributed by atoms with Crippen LogP contribution in [0.15, 0.2) is 0 Å². The Kier molecular flexibility index (Phi) is 6.57. The van der Waals surface area contributed by atoms with Gasteiger partial charge in [0, 0.05) is 5.54 Å². The van der Waals surface area contributed by atoms with E-state index in [2.05, 4.69) is 30.9 Å². The first-order chi connectivity index (χ1) is 8.48. The van der Waals surface area contributed by atoms with Crippen LogP contribution in [-0.2, 0) is 0 Å². The summed E-state index contributed by atoms with van der Waals surface area (Å²) in [6.07, 6.45) is 5.67. The van der Waals surface area contributed by atoms with E-state index in [1.807, 2.05) is 0 Å². The molecule has 0 spiro atoms. The van der Waals surface area contributed by atoms with Crippen molar-refractivity contribution in [2.24, 2.45) is 11.7 Å². The zero-order valence-corrected chi connectivity index (χ0v) is 12.4. The fraction of sp³-hybridized carbons (Fsp3) is 1.00. The van der Waals surface area contributed by atoms with Crippen LogP contribution >= 0.6 is 0 Å². The summed E-state index contributed by atoms with van der Waals surface area (Å²) in [4.78, 5) is 4.61. The molecule has 0 aromatic rings. The van der Waals surface area contributed by atoms with Crippen LogP contribution in [0.25, 0.3) is 0 Å². The summed E-state index contributed by atoms with van der Waals surface area (Å²) in [6.45, 7) is 3.52. The maximum atomic E-state index is 9.42. The van der Waals surface area contributed by atoms with E-state index in [9.17, 15) is 5.11 Å². The zero-order valence-electron chi connectivity index (χ0n) is 12.4. The highest BCUT2D eigenvalue weighted by Crippen LogP contribution is 2.35. The van der Waals surface area contributed by atoms with Gasteiger partial charge < -0.3 is 20.6 Å². The molecule has 1 rings (SSSR count). The van der Waals surface area contributed by atoms with Crippen LogP contribution in [0.4, 0.5) is 0 Å². The molecular formula is C14H31N3O. The van der Waals surface area contributed by atoms with E-state index in [0.717, 1.165) is 32.5 Å². The zero-order chi connectivity index (χ0) is 13.6. The van der Waals surface area contributed by atoms with Crippen molar-refractivity contribution < 1.29 is 5.11 Å².